The van der Waals surface area contributed by atoms with Gasteiger partial charge in [0.2, 0.25) is 0 Å². The van der Waals surface area contributed by atoms with Crippen molar-refractivity contribution in [2.75, 3.05) is 13.1 Å². The first-order chi connectivity index (χ1) is 20.0. The first kappa shape index (κ1) is 35.0. The Labute approximate surface area is 246 Å². The second-order valence-electron chi connectivity index (χ2n) is 9.09. The molecule has 0 saturated carbocycles. The van der Waals surface area contributed by atoms with Crippen molar-refractivity contribution in [1.29, 1.82) is 0 Å². The maximum atomic E-state index is 13.0. The van der Waals surface area contributed by atoms with Crippen molar-refractivity contribution < 1.29 is 50.9 Å². The molecule has 3 aromatic rings. The molecule has 0 radical (unpaired) electrons. The van der Waals surface area contributed by atoms with Gasteiger partial charge in [0.05, 0.1) is 5.56 Å². The van der Waals surface area contributed by atoms with E-state index in [0.29, 0.717) is 23.0 Å². The lowest BCUT2D eigenvalue weighted by Gasteiger charge is -2.32. The molecular formula is C28H26ClF6N3O5. The van der Waals surface area contributed by atoms with Crippen LogP contribution in [-0.4, -0.2) is 63.4 Å². The van der Waals surface area contributed by atoms with Gasteiger partial charge in [-0.1, -0.05) is 48.0 Å². The minimum absolute atomic E-state index is 0.0375. The molecule has 1 amide bonds. The number of likely N-dealkylation sites (tertiary alicyclic amines) is 1. The average Bonchev–Trinajstić information content (AvgIpc) is 2.96. The van der Waals surface area contributed by atoms with E-state index in [1.165, 1.54) is 5.56 Å². The minimum Gasteiger partial charge on any atom is -0.475 e. The summed E-state index contributed by atoms with van der Waals surface area (Å²) in [5.74, 6) is -5.00. The number of nitrogens with two attached hydrogens (primary N) is 1. The standard InChI is InChI=1S/C24H24ClN3O.2C2HF3O2/c25-23-6-2-5-20(13-23)21-12-22(16-27-15-21)24(29)28-9-7-18(8-10-28)19-4-1-3-17(11-19)14-26;2*3-2(4,5)1(6)7/h1-6,11-13,15-16,18H,7-10,14,26H2;2*(H,6,7). The molecule has 4 rings (SSSR count). The second kappa shape index (κ2) is 15.3. The van der Waals surface area contributed by atoms with Crippen LogP contribution in [0.4, 0.5) is 26.3 Å². The molecule has 43 heavy (non-hydrogen) atoms. The number of hydrogen-bond donors (Lipinski definition) is 3. The summed E-state index contributed by atoms with van der Waals surface area (Å²) in [5.41, 5.74) is 10.7. The predicted octanol–water partition coefficient (Wildman–Crippen LogP) is 6.15. The largest absolute Gasteiger partial charge is 0.490 e. The summed E-state index contributed by atoms with van der Waals surface area (Å²) in [6, 6.07) is 18.0. The fourth-order valence-corrected chi connectivity index (χ4v) is 4.15. The van der Waals surface area contributed by atoms with Crippen LogP contribution in [0.3, 0.4) is 0 Å². The van der Waals surface area contributed by atoms with Gasteiger partial charge in [0.1, 0.15) is 0 Å². The van der Waals surface area contributed by atoms with E-state index in [2.05, 4.69) is 29.2 Å². The highest BCUT2D eigenvalue weighted by molar-refractivity contribution is 6.30. The summed E-state index contributed by atoms with van der Waals surface area (Å²) in [6.45, 7) is 2.05. The van der Waals surface area contributed by atoms with E-state index < -0.39 is 24.3 Å². The van der Waals surface area contributed by atoms with Gasteiger partial charge in [-0.15, -0.1) is 0 Å². The summed E-state index contributed by atoms with van der Waals surface area (Å²) < 4.78 is 63.5. The Bertz CT molecular complexity index is 1390. The molecule has 2 aromatic carbocycles. The number of amides is 1. The third-order valence-electron chi connectivity index (χ3n) is 6.07. The fourth-order valence-electron chi connectivity index (χ4n) is 3.96. The van der Waals surface area contributed by atoms with Crippen molar-refractivity contribution in [3.63, 3.8) is 0 Å². The number of hydrogen-bond acceptors (Lipinski definition) is 5. The molecule has 0 unspecified atom stereocenters. The number of carboxylic acids is 2. The molecular weight excluding hydrogens is 608 g/mol. The highest BCUT2D eigenvalue weighted by Crippen LogP contribution is 2.30. The number of nitrogens with zero attached hydrogens (tertiary/aromatic N) is 2. The normalized spacial score (nSPS) is 13.6. The van der Waals surface area contributed by atoms with E-state index in [-0.39, 0.29) is 5.91 Å². The Morgan fingerprint density at radius 3 is 1.93 bits per heavy atom. The van der Waals surface area contributed by atoms with Crippen molar-refractivity contribution in [2.45, 2.75) is 37.7 Å². The molecule has 0 atom stereocenters. The van der Waals surface area contributed by atoms with Crippen molar-refractivity contribution in [3.05, 3.63) is 88.7 Å². The lowest BCUT2D eigenvalue weighted by atomic mass is 9.88. The molecule has 8 nitrogen and oxygen atoms in total. The molecule has 1 saturated heterocycles. The maximum Gasteiger partial charge on any atom is 0.490 e. The first-order valence-corrected chi connectivity index (χ1v) is 12.8. The number of piperidine rings is 1. The Balaban J connectivity index is 0.000000384. The molecule has 15 heteroatoms. The molecule has 0 bridgehead atoms. The van der Waals surface area contributed by atoms with Gasteiger partial charge in [-0.3, -0.25) is 9.78 Å². The predicted molar refractivity (Wildman–Crippen MR) is 144 cm³/mol. The van der Waals surface area contributed by atoms with E-state index in [1.54, 1.807) is 12.4 Å². The second-order valence-corrected chi connectivity index (χ2v) is 9.53. The van der Waals surface area contributed by atoms with Crippen molar-refractivity contribution in [1.82, 2.24) is 9.88 Å². The molecule has 1 aromatic heterocycles. The zero-order valence-electron chi connectivity index (χ0n) is 22.2. The summed E-state index contributed by atoms with van der Waals surface area (Å²) in [7, 11) is 0. The van der Waals surface area contributed by atoms with Crippen LogP contribution < -0.4 is 5.73 Å². The van der Waals surface area contributed by atoms with Gasteiger partial charge in [0.25, 0.3) is 5.91 Å². The van der Waals surface area contributed by atoms with Crippen molar-refractivity contribution >= 4 is 29.4 Å². The number of alkyl halides is 6. The third-order valence-corrected chi connectivity index (χ3v) is 6.30. The van der Waals surface area contributed by atoms with E-state index in [9.17, 15) is 31.1 Å². The number of pyridine rings is 1. The molecule has 2 heterocycles. The van der Waals surface area contributed by atoms with Gasteiger partial charge in [-0.25, -0.2) is 9.59 Å². The zero-order valence-corrected chi connectivity index (χ0v) is 23.0. The van der Waals surface area contributed by atoms with Crippen molar-refractivity contribution in [3.8, 4) is 11.1 Å². The molecule has 0 aliphatic carbocycles. The summed E-state index contributed by atoms with van der Waals surface area (Å²) in [6.07, 6.45) is -4.84. The van der Waals surface area contributed by atoms with E-state index in [4.69, 9.17) is 37.1 Å². The SMILES string of the molecule is NCc1cccc(C2CCN(C(=O)c3cncc(-c4cccc(Cl)c4)c3)CC2)c1.O=C(O)C(F)(F)F.O=C(O)C(F)(F)F. The van der Waals surface area contributed by atoms with Crippen molar-refractivity contribution in [2.24, 2.45) is 5.73 Å². The topological polar surface area (TPSA) is 134 Å². The maximum absolute atomic E-state index is 13.0. The zero-order chi connectivity index (χ0) is 32.4. The van der Waals surface area contributed by atoms with Crippen LogP contribution in [0, 0.1) is 0 Å². The molecule has 1 fully saturated rings. The van der Waals surface area contributed by atoms with Crippen LogP contribution in [0.1, 0.15) is 40.2 Å². The number of carboxylic acid groups (broad SMARTS) is 2. The van der Waals surface area contributed by atoms with Gasteiger partial charge in [0.15, 0.2) is 0 Å². The van der Waals surface area contributed by atoms with Crippen LogP contribution in [0.15, 0.2) is 67.0 Å². The molecule has 1 aliphatic heterocycles. The smallest absolute Gasteiger partial charge is 0.475 e. The number of rotatable bonds is 4. The number of aliphatic carboxylic acids is 2. The Morgan fingerprint density at radius 2 is 1.42 bits per heavy atom. The number of halogens is 7. The average molecular weight is 634 g/mol. The molecule has 4 N–H and O–H groups in total. The summed E-state index contributed by atoms with van der Waals surface area (Å²) in [5, 5.41) is 14.9. The monoisotopic (exact) mass is 633 g/mol. The third kappa shape index (κ3) is 11.2. The molecule has 1 aliphatic rings. The Morgan fingerprint density at radius 1 is 0.860 bits per heavy atom. The number of carbonyl (C=O) groups is 3. The molecule has 0 spiro atoms. The fraction of sp³-hybridized carbons (Fsp3) is 0.286. The van der Waals surface area contributed by atoms with Gasteiger partial charge in [-0.05, 0) is 53.6 Å². The van der Waals surface area contributed by atoms with Crippen LogP contribution in [-0.2, 0) is 16.1 Å². The molecule has 232 valence electrons. The Kier molecular flexibility index (Phi) is 12.5. The Hall–Kier alpha value is -4.17. The van der Waals surface area contributed by atoms with Gasteiger partial charge >= 0.3 is 24.3 Å². The van der Waals surface area contributed by atoms with E-state index in [0.717, 1.165) is 42.6 Å². The number of benzene rings is 2. The lowest BCUT2D eigenvalue weighted by molar-refractivity contribution is -0.193. The highest BCUT2D eigenvalue weighted by atomic mass is 35.5. The summed E-state index contributed by atoms with van der Waals surface area (Å²) >= 11 is 6.10. The first-order valence-electron chi connectivity index (χ1n) is 12.4. The van der Waals surface area contributed by atoms with Crippen LogP contribution in [0.25, 0.3) is 11.1 Å². The van der Waals surface area contributed by atoms with E-state index in [1.807, 2.05) is 35.2 Å². The van der Waals surface area contributed by atoms with Gasteiger partial charge in [0, 0.05) is 42.6 Å². The van der Waals surface area contributed by atoms with Crippen LogP contribution in [0.2, 0.25) is 5.02 Å². The van der Waals surface area contributed by atoms with Gasteiger partial charge in [-0.2, -0.15) is 26.3 Å². The minimum atomic E-state index is -5.08. The quantitative estimate of drug-likeness (QED) is 0.294. The highest BCUT2D eigenvalue weighted by Gasteiger charge is 2.38. The van der Waals surface area contributed by atoms with Crippen LogP contribution >= 0.6 is 11.6 Å². The van der Waals surface area contributed by atoms with Crippen LogP contribution in [0.5, 0.6) is 0 Å². The summed E-state index contributed by atoms with van der Waals surface area (Å²) in [4.78, 5) is 37.0. The number of aromatic nitrogens is 1. The van der Waals surface area contributed by atoms with Gasteiger partial charge < -0.3 is 20.8 Å². The lowest BCUT2D eigenvalue weighted by Crippen LogP contribution is -2.38. The number of carbonyl (C=O) groups excluding carboxylic acids is 1. The van der Waals surface area contributed by atoms with E-state index >= 15 is 0 Å².